The van der Waals surface area contributed by atoms with Crippen LogP contribution >= 0.6 is 7.92 Å². The van der Waals surface area contributed by atoms with Crippen molar-refractivity contribution in [3.05, 3.63) is 70.3 Å². The lowest BCUT2D eigenvalue weighted by Crippen LogP contribution is -2.16. The van der Waals surface area contributed by atoms with Crippen molar-refractivity contribution < 1.29 is 4.79 Å². The van der Waals surface area contributed by atoms with E-state index < -0.39 is 7.92 Å². The molecule has 0 aliphatic carbocycles. The maximum atomic E-state index is 13.6. The SMILES string of the molecule is Cc1cc(C)c(C(=O)P(Cc2ccccc2)CC(C)CC(C)(C)C)c(C)c1. The Kier molecular flexibility index (Phi) is 7.40. The largest absolute Gasteiger partial charge is 0.289 e. The molecule has 0 bridgehead atoms. The van der Waals surface area contributed by atoms with Gasteiger partial charge in [-0.05, 0) is 75.5 Å². The van der Waals surface area contributed by atoms with Crippen molar-refractivity contribution in [2.45, 2.75) is 61.0 Å². The minimum absolute atomic E-state index is 0.298. The van der Waals surface area contributed by atoms with Crippen molar-refractivity contribution in [3.8, 4) is 0 Å². The molecule has 2 heteroatoms. The topological polar surface area (TPSA) is 17.1 Å². The molecule has 0 spiro atoms. The molecule has 0 amide bonds. The molecule has 0 aliphatic rings. The van der Waals surface area contributed by atoms with Crippen LogP contribution in [-0.4, -0.2) is 11.7 Å². The summed E-state index contributed by atoms with van der Waals surface area (Å²) in [6.07, 6.45) is 3.04. The standard InChI is InChI=1S/C25H35OP/c1-18-13-20(3)23(21(4)14-18)24(26)27(16-19(2)15-25(5,6)7)17-22-11-9-8-10-12-22/h8-14,19H,15-17H2,1-7H3. The molecule has 0 fully saturated rings. The molecule has 0 radical (unpaired) electrons. The zero-order valence-corrected chi connectivity index (χ0v) is 19.0. The number of carbonyl (C=O) groups is 1. The highest BCUT2D eigenvalue weighted by Gasteiger charge is 2.26. The minimum atomic E-state index is -0.748. The number of rotatable bonds is 7. The van der Waals surface area contributed by atoms with E-state index in [2.05, 4.69) is 84.9 Å². The summed E-state index contributed by atoms with van der Waals surface area (Å²) in [5.41, 5.74) is 6.40. The first kappa shape index (κ1) is 21.8. The van der Waals surface area contributed by atoms with Crippen LogP contribution in [0.2, 0.25) is 0 Å². The second-order valence-corrected chi connectivity index (χ2v) is 11.5. The monoisotopic (exact) mass is 382 g/mol. The average molecular weight is 383 g/mol. The molecule has 2 rings (SSSR count). The van der Waals surface area contributed by atoms with Gasteiger partial charge in [-0.25, -0.2) is 0 Å². The van der Waals surface area contributed by atoms with Crippen LogP contribution in [0, 0.1) is 32.1 Å². The fraction of sp³-hybridized carbons (Fsp3) is 0.480. The maximum Gasteiger partial charge on any atom is 0.185 e. The Bertz CT molecular complexity index is 748. The minimum Gasteiger partial charge on any atom is -0.289 e. The van der Waals surface area contributed by atoms with Gasteiger partial charge in [0.2, 0.25) is 0 Å². The van der Waals surface area contributed by atoms with Gasteiger partial charge in [-0.3, -0.25) is 4.79 Å². The van der Waals surface area contributed by atoms with Crippen LogP contribution in [0.1, 0.15) is 66.7 Å². The van der Waals surface area contributed by atoms with Gasteiger partial charge in [0.1, 0.15) is 0 Å². The van der Waals surface area contributed by atoms with Gasteiger partial charge < -0.3 is 0 Å². The highest BCUT2D eigenvalue weighted by Crippen LogP contribution is 2.47. The van der Waals surface area contributed by atoms with E-state index in [-0.39, 0.29) is 0 Å². The van der Waals surface area contributed by atoms with Gasteiger partial charge in [0.15, 0.2) is 5.52 Å². The zero-order chi connectivity index (χ0) is 20.2. The summed E-state index contributed by atoms with van der Waals surface area (Å²) in [4.78, 5) is 13.6. The van der Waals surface area contributed by atoms with Crippen LogP contribution in [0.3, 0.4) is 0 Å². The van der Waals surface area contributed by atoms with Crippen LogP contribution in [0.4, 0.5) is 0 Å². The smallest absolute Gasteiger partial charge is 0.185 e. The Labute approximate surface area is 167 Å². The van der Waals surface area contributed by atoms with Crippen LogP contribution in [0.5, 0.6) is 0 Å². The number of benzene rings is 2. The van der Waals surface area contributed by atoms with Crippen LogP contribution < -0.4 is 0 Å². The van der Waals surface area contributed by atoms with E-state index in [4.69, 9.17) is 0 Å². The summed E-state index contributed by atoms with van der Waals surface area (Å²) in [6, 6.07) is 14.8. The molecule has 0 saturated heterocycles. The zero-order valence-electron chi connectivity index (χ0n) is 18.1. The summed E-state index contributed by atoms with van der Waals surface area (Å²) in [5, 5.41) is 0. The van der Waals surface area contributed by atoms with Crippen molar-refractivity contribution >= 4 is 13.4 Å². The van der Waals surface area contributed by atoms with E-state index >= 15 is 0 Å². The molecule has 0 aliphatic heterocycles. The second-order valence-electron chi connectivity index (χ2n) is 9.31. The van der Waals surface area contributed by atoms with Gasteiger partial charge in [0, 0.05) is 5.56 Å². The van der Waals surface area contributed by atoms with Gasteiger partial charge in [-0.2, -0.15) is 0 Å². The van der Waals surface area contributed by atoms with Gasteiger partial charge >= 0.3 is 0 Å². The van der Waals surface area contributed by atoms with E-state index in [1.54, 1.807) is 0 Å². The third-order valence-electron chi connectivity index (χ3n) is 4.89. The lowest BCUT2D eigenvalue weighted by molar-refractivity contribution is 0.108. The third kappa shape index (κ3) is 6.58. The van der Waals surface area contributed by atoms with Gasteiger partial charge in [0.05, 0.1) is 0 Å². The van der Waals surface area contributed by atoms with Crippen molar-refractivity contribution in [2.24, 2.45) is 11.3 Å². The predicted molar refractivity (Wildman–Crippen MR) is 120 cm³/mol. The summed E-state index contributed by atoms with van der Waals surface area (Å²) in [6.45, 7) is 15.5. The number of aryl methyl sites for hydroxylation is 3. The molecule has 1 nitrogen and oxygen atoms in total. The molecule has 0 aromatic heterocycles. The van der Waals surface area contributed by atoms with Crippen molar-refractivity contribution in [1.29, 1.82) is 0 Å². The van der Waals surface area contributed by atoms with Gasteiger partial charge in [0.25, 0.3) is 0 Å². The molecule has 0 saturated carbocycles. The second kappa shape index (κ2) is 9.16. The van der Waals surface area contributed by atoms with Gasteiger partial charge in [-0.15, -0.1) is 0 Å². The molecular weight excluding hydrogens is 347 g/mol. The molecule has 146 valence electrons. The predicted octanol–water partition coefficient (Wildman–Crippen LogP) is 7.51. The maximum absolute atomic E-state index is 13.6. The Morgan fingerprint density at radius 2 is 1.56 bits per heavy atom. The number of carbonyl (C=O) groups excluding carboxylic acids is 1. The molecule has 0 heterocycles. The molecule has 27 heavy (non-hydrogen) atoms. The Balaban J connectivity index is 2.32. The molecular formula is C25H35OP. The van der Waals surface area contributed by atoms with Crippen LogP contribution in [0.15, 0.2) is 42.5 Å². The van der Waals surface area contributed by atoms with Crippen molar-refractivity contribution in [2.75, 3.05) is 6.16 Å². The van der Waals surface area contributed by atoms with Crippen LogP contribution in [-0.2, 0) is 6.16 Å². The van der Waals surface area contributed by atoms with Crippen molar-refractivity contribution in [1.82, 2.24) is 0 Å². The quantitative estimate of drug-likeness (QED) is 0.453. The third-order valence-corrected chi connectivity index (χ3v) is 7.50. The van der Waals surface area contributed by atoms with Gasteiger partial charge in [-0.1, -0.05) is 75.7 Å². The summed E-state index contributed by atoms with van der Waals surface area (Å²) in [5.74, 6) is 0.551. The molecule has 2 aromatic rings. The highest BCUT2D eigenvalue weighted by atomic mass is 31.1. The van der Waals surface area contributed by atoms with E-state index in [1.807, 2.05) is 6.07 Å². The molecule has 2 unspecified atom stereocenters. The summed E-state index contributed by atoms with van der Waals surface area (Å²) in [7, 11) is -0.748. The first-order valence-electron chi connectivity index (χ1n) is 9.98. The number of hydrogen-bond donors (Lipinski definition) is 0. The fourth-order valence-corrected chi connectivity index (χ4v) is 6.83. The number of hydrogen-bond acceptors (Lipinski definition) is 1. The highest BCUT2D eigenvalue weighted by molar-refractivity contribution is 7.74. The van der Waals surface area contributed by atoms with E-state index in [1.165, 1.54) is 11.1 Å². The first-order valence-corrected chi connectivity index (χ1v) is 11.7. The van der Waals surface area contributed by atoms with E-state index in [0.717, 1.165) is 35.4 Å². The Morgan fingerprint density at radius 3 is 2.07 bits per heavy atom. The van der Waals surface area contributed by atoms with Crippen LogP contribution in [0.25, 0.3) is 0 Å². The Morgan fingerprint density at radius 1 is 1.00 bits per heavy atom. The lowest BCUT2D eigenvalue weighted by atomic mass is 9.86. The first-order chi connectivity index (χ1) is 12.6. The van der Waals surface area contributed by atoms with E-state index in [9.17, 15) is 4.79 Å². The molecule has 2 aromatic carbocycles. The fourth-order valence-electron chi connectivity index (χ4n) is 4.18. The Hall–Kier alpha value is -1.46. The molecule has 2 atom stereocenters. The summed E-state index contributed by atoms with van der Waals surface area (Å²) >= 11 is 0. The summed E-state index contributed by atoms with van der Waals surface area (Å²) < 4.78 is 0. The molecule has 0 N–H and O–H groups in total. The van der Waals surface area contributed by atoms with E-state index in [0.29, 0.717) is 16.9 Å². The average Bonchev–Trinajstić information content (AvgIpc) is 2.52. The normalized spacial score (nSPS) is 14.0. The lowest BCUT2D eigenvalue weighted by Gasteiger charge is -2.27. The van der Waals surface area contributed by atoms with Crippen molar-refractivity contribution in [3.63, 3.8) is 0 Å².